The normalized spacial score (nSPS) is 28.9. The molecule has 2 atom stereocenters. The Kier molecular flexibility index (Phi) is 2.62. The van der Waals surface area contributed by atoms with E-state index in [0.29, 0.717) is 0 Å². The molecule has 0 saturated carbocycles. The number of hydrogen-bond donors (Lipinski definition) is 1. The monoisotopic (exact) mass is 276 g/mol. The lowest BCUT2D eigenvalue weighted by Gasteiger charge is -2.31. The molecule has 0 radical (unpaired) electrons. The smallest absolute Gasteiger partial charge is 0.313 e. The summed E-state index contributed by atoms with van der Waals surface area (Å²) in [4.78, 5) is 40.9. The predicted molar refractivity (Wildman–Crippen MR) is 65.1 cm³/mol. The Hall–Kier alpha value is -2.28. The van der Waals surface area contributed by atoms with Crippen LogP contribution in [0, 0.1) is 5.41 Å². The largest absolute Gasteiger partial charge is 0.481 e. The van der Waals surface area contributed by atoms with Crippen molar-refractivity contribution in [2.45, 2.75) is 13.0 Å². The zero-order valence-electron chi connectivity index (χ0n) is 10.7. The number of rotatable bonds is 2. The van der Waals surface area contributed by atoms with Gasteiger partial charge in [0.2, 0.25) is 0 Å². The van der Waals surface area contributed by atoms with Crippen LogP contribution >= 0.6 is 0 Å². The lowest BCUT2D eigenvalue weighted by Crippen LogP contribution is -2.52. The first kappa shape index (κ1) is 12.7. The average Bonchev–Trinajstić information content (AvgIpc) is 2.92. The molecule has 1 saturated heterocycles. The number of carbonyl (C=O) groups is 3. The molecule has 0 aliphatic carbocycles. The van der Waals surface area contributed by atoms with E-state index in [1.54, 1.807) is 0 Å². The van der Waals surface area contributed by atoms with Crippen molar-refractivity contribution in [1.82, 2.24) is 9.88 Å². The Morgan fingerprint density at radius 2 is 2.15 bits per heavy atom. The SMILES string of the molecule is CC1(C(=O)O)COCC1N1C(=O)c2ccncc2C1=O. The highest BCUT2D eigenvalue weighted by Gasteiger charge is 2.54. The summed E-state index contributed by atoms with van der Waals surface area (Å²) in [6.45, 7) is 1.48. The van der Waals surface area contributed by atoms with Crippen molar-refractivity contribution in [2.24, 2.45) is 5.41 Å². The number of aromatic nitrogens is 1. The topological polar surface area (TPSA) is 96.8 Å². The zero-order chi connectivity index (χ0) is 14.5. The fourth-order valence-electron chi connectivity index (χ4n) is 2.61. The highest BCUT2D eigenvalue weighted by molar-refractivity contribution is 6.21. The second kappa shape index (κ2) is 4.11. The van der Waals surface area contributed by atoms with Crippen molar-refractivity contribution in [3.63, 3.8) is 0 Å². The standard InChI is InChI=1S/C13H12N2O5/c1-13(12(18)19)6-20-5-9(13)15-10(16)7-2-3-14-4-8(7)11(15)17/h2-4,9H,5-6H2,1H3,(H,18,19). The van der Waals surface area contributed by atoms with Crippen LogP contribution in [0.3, 0.4) is 0 Å². The number of amides is 2. The van der Waals surface area contributed by atoms with Gasteiger partial charge in [0.15, 0.2) is 0 Å². The molecule has 2 aliphatic rings. The van der Waals surface area contributed by atoms with Crippen LogP contribution in [-0.2, 0) is 9.53 Å². The Labute approximate surface area is 114 Å². The first-order valence-corrected chi connectivity index (χ1v) is 6.10. The van der Waals surface area contributed by atoms with E-state index in [1.165, 1.54) is 25.4 Å². The number of hydrogen-bond acceptors (Lipinski definition) is 5. The summed E-state index contributed by atoms with van der Waals surface area (Å²) in [5.74, 6) is -2.09. The van der Waals surface area contributed by atoms with Crippen LogP contribution in [-0.4, -0.2) is 52.0 Å². The lowest BCUT2D eigenvalue weighted by molar-refractivity contribution is -0.149. The molecule has 20 heavy (non-hydrogen) atoms. The third-order valence-corrected chi connectivity index (χ3v) is 3.93. The quantitative estimate of drug-likeness (QED) is 0.773. The molecule has 2 aliphatic heterocycles. The molecule has 0 bridgehead atoms. The van der Waals surface area contributed by atoms with E-state index >= 15 is 0 Å². The molecule has 0 spiro atoms. The number of imide groups is 1. The Morgan fingerprint density at radius 1 is 1.45 bits per heavy atom. The number of fused-ring (bicyclic) bond motifs is 1. The van der Waals surface area contributed by atoms with Crippen LogP contribution < -0.4 is 0 Å². The molecular weight excluding hydrogens is 264 g/mol. The molecule has 104 valence electrons. The summed E-state index contributed by atoms with van der Waals surface area (Å²) in [5.41, 5.74) is -0.831. The predicted octanol–water partition coefficient (Wildman–Crippen LogP) is 0.167. The maximum atomic E-state index is 12.3. The molecule has 1 N–H and O–H groups in total. The average molecular weight is 276 g/mol. The molecule has 2 unspecified atom stereocenters. The van der Waals surface area contributed by atoms with E-state index in [0.717, 1.165) is 4.90 Å². The Bertz CT molecular complexity index is 594. The maximum absolute atomic E-state index is 12.3. The van der Waals surface area contributed by atoms with Crippen molar-refractivity contribution < 1.29 is 24.2 Å². The van der Waals surface area contributed by atoms with Gasteiger partial charge in [-0.1, -0.05) is 0 Å². The van der Waals surface area contributed by atoms with Crippen LogP contribution in [0.25, 0.3) is 0 Å². The molecule has 3 heterocycles. The summed E-state index contributed by atoms with van der Waals surface area (Å²) in [7, 11) is 0. The number of ether oxygens (including phenoxy) is 1. The second-order valence-electron chi connectivity index (χ2n) is 5.16. The molecule has 1 aromatic heterocycles. The van der Waals surface area contributed by atoms with E-state index in [4.69, 9.17) is 4.74 Å². The minimum atomic E-state index is -1.29. The minimum Gasteiger partial charge on any atom is -0.481 e. The Balaban J connectivity index is 2.03. The van der Waals surface area contributed by atoms with E-state index in [9.17, 15) is 19.5 Å². The fraction of sp³-hybridized carbons (Fsp3) is 0.385. The van der Waals surface area contributed by atoms with Crippen LogP contribution in [0.15, 0.2) is 18.5 Å². The first-order chi connectivity index (χ1) is 9.47. The number of nitrogens with zero attached hydrogens (tertiary/aromatic N) is 2. The molecule has 3 rings (SSSR count). The van der Waals surface area contributed by atoms with Gasteiger partial charge in [-0.05, 0) is 13.0 Å². The maximum Gasteiger partial charge on any atom is 0.313 e. The fourth-order valence-corrected chi connectivity index (χ4v) is 2.61. The molecule has 7 nitrogen and oxygen atoms in total. The van der Waals surface area contributed by atoms with Crippen molar-refractivity contribution in [2.75, 3.05) is 13.2 Å². The second-order valence-corrected chi connectivity index (χ2v) is 5.16. The van der Waals surface area contributed by atoms with Gasteiger partial charge in [-0.25, -0.2) is 0 Å². The third kappa shape index (κ3) is 1.50. The van der Waals surface area contributed by atoms with Gasteiger partial charge in [0.25, 0.3) is 11.8 Å². The van der Waals surface area contributed by atoms with E-state index < -0.39 is 29.2 Å². The lowest BCUT2D eigenvalue weighted by atomic mass is 9.84. The summed E-state index contributed by atoms with van der Waals surface area (Å²) in [6, 6.07) is 0.649. The van der Waals surface area contributed by atoms with Gasteiger partial charge in [0.05, 0.1) is 30.4 Å². The van der Waals surface area contributed by atoms with E-state index in [-0.39, 0.29) is 24.3 Å². The summed E-state index contributed by atoms with van der Waals surface area (Å²) >= 11 is 0. The molecule has 0 aromatic carbocycles. The number of carbonyl (C=O) groups excluding carboxylic acids is 2. The van der Waals surface area contributed by atoms with Gasteiger partial charge < -0.3 is 9.84 Å². The molecular formula is C13H12N2O5. The van der Waals surface area contributed by atoms with Crippen LogP contribution in [0.1, 0.15) is 27.6 Å². The summed E-state index contributed by atoms with van der Waals surface area (Å²) < 4.78 is 5.20. The van der Waals surface area contributed by atoms with Gasteiger partial charge >= 0.3 is 5.97 Å². The van der Waals surface area contributed by atoms with Crippen molar-refractivity contribution in [1.29, 1.82) is 0 Å². The molecule has 1 aromatic rings. The summed E-state index contributed by atoms with van der Waals surface area (Å²) in [5, 5.41) is 9.35. The molecule has 2 amide bonds. The van der Waals surface area contributed by atoms with Gasteiger partial charge in [-0.15, -0.1) is 0 Å². The summed E-state index contributed by atoms with van der Waals surface area (Å²) in [6.07, 6.45) is 2.75. The number of pyridine rings is 1. The van der Waals surface area contributed by atoms with E-state index in [1.807, 2.05) is 0 Å². The highest BCUT2D eigenvalue weighted by Crippen LogP contribution is 2.36. The minimum absolute atomic E-state index is 0.0291. The Morgan fingerprint density at radius 3 is 2.80 bits per heavy atom. The van der Waals surface area contributed by atoms with E-state index in [2.05, 4.69) is 4.98 Å². The first-order valence-electron chi connectivity index (χ1n) is 6.10. The van der Waals surface area contributed by atoms with Gasteiger partial charge in [0.1, 0.15) is 5.41 Å². The van der Waals surface area contributed by atoms with Crippen LogP contribution in [0.4, 0.5) is 0 Å². The number of aliphatic carboxylic acids is 1. The number of carboxylic acids is 1. The van der Waals surface area contributed by atoms with Gasteiger partial charge in [-0.2, -0.15) is 0 Å². The third-order valence-electron chi connectivity index (χ3n) is 3.93. The van der Waals surface area contributed by atoms with Gasteiger partial charge in [0, 0.05) is 12.4 Å². The van der Waals surface area contributed by atoms with Crippen molar-refractivity contribution in [3.05, 3.63) is 29.6 Å². The molecule has 1 fully saturated rings. The highest BCUT2D eigenvalue weighted by atomic mass is 16.5. The van der Waals surface area contributed by atoms with Crippen LogP contribution in [0.2, 0.25) is 0 Å². The van der Waals surface area contributed by atoms with Crippen LogP contribution in [0.5, 0.6) is 0 Å². The zero-order valence-corrected chi connectivity index (χ0v) is 10.7. The molecule has 7 heteroatoms. The van der Waals surface area contributed by atoms with Gasteiger partial charge in [-0.3, -0.25) is 24.3 Å². The van der Waals surface area contributed by atoms with Crippen molar-refractivity contribution >= 4 is 17.8 Å². The van der Waals surface area contributed by atoms with Crippen molar-refractivity contribution in [3.8, 4) is 0 Å². The number of carboxylic acid groups (broad SMARTS) is 1.